The highest BCUT2D eigenvalue weighted by Crippen LogP contribution is 2.34. The summed E-state index contributed by atoms with van der Waals surface area (Å²) in [6.45, 7) is 4.90. The summed E-state index contributed by atoms with van der Waals surface area (Å²) in [6, 6.07) is 5.41. The number of ether oxygens (including phenoxy) is 2. The normalized spacial score (nSPS) is 10.4. The third-order valence-corrected chi connectivity index (χ3v) is 3.78. The largest absolute Gasteiger partial charge is 0.490 e. The molecule has 2 rings (SSSR count). The van der Waals surface area contributed by atoms with E-state index in [1.807, 2.05) is 26.0 Å². The first-order chi connectivity index (χ1) is 11.0. The molecule has 23 heavy (non-hydrogen) atoms. The van der Waals surface area contributed by atoms with Crippen LogP contribution in [0.15, 0.2) is 28.9 Å². The molecule has 0 saturated heterocycles. The maximum absolute atomic E-state index is 12.2. The van der Waals surface area contributed by atoms with Crippen molar-refractivity contribution in [2.75, 3.05) is 18.5 Å². The average Bonchev–Trinajstić information content (AvgIpc) is 2.89. The molecule has 0 radical (unpaired) electrons. The molecule has 0 aliphatic carbocycles. The van der Waals surface area contributed by atoms with Gasteiger partial charge in [-0.1, -0.05) is 15.9 Å². The molecule has 0 fully saturated rings. The van der Waals surface area contributed by atoms with Crippen molar-refractivity contribution in [2.45, 2.75) is 20.3 Å². The van der Waals surface area contributed by atoms with Crippen molar-refractivity contribution < 1.29 is 14.3 Å². The van der Waals surface area contributed by atoms with Crippen molar-refractivity contribution in [3.8, 4) is 11.5 Å². The van der Waals surface area contributed by atoms with Crippen LogP contribution in [-0.4, -0.2) is 28.9 Å². The smallest absolute Gasteiger partial charge is 0.230 e. The van der Waals surface area contributed by atoms with Crippen molar-refractivity contribution in [1.82, 2.24) is 9.78 Å². The van der Waals surface area contributed by atoms with Crippen LogP contribution in [0.4, 0.5) is 5.82 Å². The van der Waals surface area contributed by atoms with E-state index in [0.29, 0.717) is 30.5 Å². The summed E-state index contributed by atoms with van der Waals surface area (Å²) in [7, 11) is 1.80. The quantitative estimate of drug-likeness (QED) is 0.799. The van der Waals surface area contributed by atoms with E-state index in [4.69, 9.17) is 9.47 Å². The minimum atomic E-state index is -0.143. The predicted molar refractivity (Wildman–Crippen MR) is 92.0 cm³/mol. The van der Waals surface area contributed by atoms with Crippen LogP contribution >= 0.6 is 15.9 Å². The number of nitrogens with one attached hydrogen (secondary N) is 1. The number of carbonyl (C=O) groups is 1. The number of carbonyl (C=O) groups excluding carboxylic acids is 1. The zero-order valence-corrected chi connectivity index (χ0v) is 15.0. The Hall–Kier alpha value is -2.02. The molecule has 7 heteroatoms. The Bertz CT molecular complexity index is 685. The number of halogens is 1. The van der Waals surface area contributed by atoms with Gasteiger partial charge >= 0.3 is 0 Å². The molecule has 0 spiro atoms. The Balaban J connectivity index is 2.14. The second-order valence-electron chi connectivity index (χ2n) is 4.86. The molecule has 1 N–H and O–H groups in total. The van der Waals surface area contributed by atoms with Crippen molar-refractivity contribution in [3.05, 3.63) is 34.4 Å². The van der Waals surface area contributed by atoms with Crippen LogP contribution in [0.3, 0.4) is 0 Å². The van der Waals surface area contributed by atoms with E-state index in [2.05, 4.69) is 26.3 Å². The van der Waals surface area contributed by atoms with E-state index in [9.17, 15) is 4.79 Å². The molecular formula is C16H20BrN3O3. The van der Waals surface area contributed by atoms with Gasteiger partial charge < -0.3 is 14.8 Å². The van der Waals surface area contributed by atoms with Gasteiger partial charge in [0.1, 0.15) is 0 Å². The first-order valence-electron chi connectivity index (χ1n) is 7.41. The fourth-order valence-corrected chi connectivity index (χ4v) is 2.55. The molecule has 124 valence electrons. The van der Waals surface area contributed by atoms with Gasteiger partial charge in [0.05, 0.1) is 19.6 Å². The van der Waals surface area contributed by atoms with Gasteiger partial charge in [-0.3, -0.25) is 9.48 Å². The monoisotopic (exact) mass is 381 g/mol. The summed E-state index contributed by atoms with van der Waals surface area (Å²) < 4.78 is 13.6. The molecule has 1 aromatic heterocycles. The fraction of sp³-hybridized carbons (Fsp3) is 0.375. The molecular weight excluding hydrogens is 362 g/mol. The number of hydrogen-bond acceptors (Lipinski definition) is 4. The maximum atomic E-state index is 12.2. The summed E-state index contributed by atoms with van der Waals surface area (Å²) in [5.74, 6) is 1.69. The van der Waals surface area contributed by atoms with E-state index in [-0.39, 0.29) is 12.3 Å². The van der Waals surface area contributed by atoms with Crippen LogP contribution in [0, 0.1) is 0 Å². The Kier molecular flexibility index (Phi) is 6.04. The number of aromatic nitrogens is 2. The number of nitrogens with zero attached hydrogens (tertiary/aromatic N) is 2. The van der Waals surface area contributed by atoms with Crippen LogP contribution < -0.4 is 14.8 Å². The zero-order valence-electron chi connectivity index (χ0n) is 13.4. The van der Waals surface area contributed by atoms with Gasteiger partial charge in [-0.25, -0.2) is 0 Å². The van der Waals surface area contributed by atoms with Gasteiger partial charge in [0.2, 0.25) is 5.91 Å². The van der Waals surface area contributed by atoms with Crippen molar-refractivity contribution >= 4 is 27.7 Å². The second kappa shape index (κ2) is 8.01. The number of anilines is 1. The van der Waals surface area contributed by atoms with Gasteiger partial charge in [0.15, 0.2) is 17.3 Å². The Morgan fingerprint density at radius 2 is 1.91 bits per heavy atom. The van der Waals surface area contributed by atoms with E-state index in [0.717, 1.165) is 10.0 Å². The highest BCUT2D eigenvalue weighted by atomic mass is 79.9. The van der Waals surface area contributed by atoms with Crippen LogP contribution in [0.2, 0.25) is 0 Å². The van der Waals surface area contributed by atoms with Crippen LogP contribution in [-0.2, 0) is 18.3 Å². The average molecular weight is 382 g/mol. The molecule has 1 amide bonds. The van der Waals surface area contributed by atoms with Crippen LogP contribution in [0.5, 0.6) is 11.5 Å². The lowest BCUT2D eigenvalue weighted by Crippen LogP contribution is -2.15. The number of rotatable bonds is 7. The van der Waals surface area contributed by atoms with Gasteiger partial charge in [-0.15, -0.1) is 0 Å². The molecule has 0 aliphatic heterocycles. The predicted octanol–water partition coefficient (Wildman–Crippen LogP) is 3.16. The van der Waals surface area contributed by atoms with E-state index < -0.39 is 0 Å². The topological polar surface area (TPSA) is 65.4 Å². The number of hydrogen-bond donors (Lipinski definition) is 1. The number of benzene rings is 1. The fourth-order valence-electron chi connectivity index (χ4n) is 2.09. The summed E-state index contributed by atoms with van der Waals surface area (Å²) >= 11 is 3.49. The Morgan fingerprint density at radius 1 is 1.26 bits per heavy atom. The molecule has 0 aliphatic rings. The minimum Gasteiger partial charge on any atom is -0.490 e. The summed E-state index contributed by atoms with van der Waals surface area (Å²) in [5.41, 5.74) is 0.824. The Labute approximate surface area is 143 Å². The number of amides is 1. The lowest BCUT2D eigenvalue weighted by atomic mass is 10.1. The third kappa shape index (κ3) is 4.72. The maximum Gasteiger partial charge on any atom is 0.230 e. The van der Waals surface area contributed by atoms with Crippen LogP contribution in [0.1, 0.15) is 19.4 Å². The van der Waals surface area contributed by atoms with Crippen molar-refractivity contribution in [2.24, 2.45) is 7.05 Å². The molecule has 6 nitrogen and oxygen atoms in total. The van der Waals surface area contributed by atoms with Gasteiger partial charge in [0.25, 0.3) is 0 Å². The highest BCUT2D eigenvalue weighted by molar-refractivity contribution is 9.10. The number of aryl methyl sites for hydroxylation is 1. The van der Waals surface area contributed by atoms with Gasteiger partial charge in [0, 0.05) is 23.8 Å². The summed E-state index contributed by atoms with van der Waals surface area (Å²) in [5, 5.41) is 6.89. The Morgan fingerprint density at radius 3 is 2.48 bits per heavy atom. The summed E-state index contributed by atoms with van der Waals surface area (Å²) in [4.78, 5) is 12.2. The third-order valence-electron chi connectivity index (χ3n) is 3.04. The lowest BCUT2D eigenvalue weighted by molar-refractivity contribution is -0.115. The SMILES string of the molecule is CCOc1cc(Br)c(CC(=O)Nc2ccn(C)n2)cc1OCC. The standard InChI is InChI=1S/C16H20BrN3O3/c1-4-22-13-8-11(12(17)10-14(13)23-5-2)9-16(21)18-15-6-7-20(3)19-15/h6-8,10H,4-5,9H2,1-3H3,(H,18,19,21). The van der Waals surface area contributed by atoms with Gasteiger partial charge in [-0.2, -0.15) is 5.10 Å². The molecule has 0 unspecified atom stereocenters. The van der Waals surface area contributed by atoms with E-state index in [1.54, 1.807) is 24.0 Å². The van der Waals surface area contributed by atoms with E-state index >= 15 is 0 Å². The minimum absolute atomic E-state index is 0.143. The zero-order chi connectivity index (χ0) is 16.8. The second-order valence-corrected chi connectivity index (χ2v) is 5.71. The van der Waals surface area contributed by atoms with E-state index in [1.165, 1.54) is 0 Å². The van der Waals surface area contributed by atoms with Crippen LogP contribution in [0.25, 0.3) is 0 Å². The first-order valence-corrected chi connectivity index (χ1v) is 8.20. The lowest BCUT2D eigenvalue weighted by Gasteiger charge is -2.14. The summed E-state index contributed by atoms with van der Waals surface area (Å²) in [6.07, 6.45) is 1.99. The molecule has 1 heterocycles. The van der Waals surface area contributed by atoms with Crippen molar-refractivity contribution in [3.63, 3.8) is 0 Å². The van der Waals surface area contributed by atoms with Crippen molar-refractivity contribution in [1.29, 1.82) is 0 Å². The molecule has 0 atom stereocenters. The van der Waals surface area contributed by atoms with Gasteiger partial charge in [-0.05, 0) is 31.5 Å². The molecule has 2 aromatic rings. The molecule has 0 saturated carbocycles. The highest BCUT2D eigenvalue weighted by Gasteiger charge is 2.14. The molecule has 0 bridgehead atoms. The first kappa shape index (κ1) is 17.3. The molecule has 1 aromatic carbocycles.